The number of ether oxygens (including phenoxy) is 1. The van der Waals surface area contributed by atoms with Crippen molar-refractivity contribution in [3.05, 3.63) is 34.9 Å². The summed E-state index contributed by atoms with van der Waals surface area (Å²) in [7, 11) is 1.45. The van der Waals surface area contributed by atoms with Crippen LogP contribution in [0.2, 0.25) is 0 Å². The number of nitrogens with one attached hydrogen (secondary N) is 1. The minimum absolute atomic E-state index is 0.159. The van der Waals surface area contributed by atoms with E-state index in [2.05, 4.69) is 10.3 Å². The highest BCUT2D eigenvalue weighted by molar-refractivity contribution is 5.93. The van der Waals surface area contributed by atoms with Gasteiger partial charge in [0, 0.05) is 0 Å². The topological polar surface area (TPSA) is 128 Å². The van der Waals surface area contributed by atoms with Gasteiger partial charge < -0.3 is 15.2 Å². The first-order valence-corrected chi connectivity index (χ1v) is 8.48. The summed E-state index contributed by atoms with van der Waals surface area (Å²) in [4.78, 5) is 52.1. The molecule has 0 spiro atoms. The SMILES string of the molecule is CC[C@@H](C(=O)NC(CC(=O)O)C(=O)CF)n1cnc2ccc(OC)cc2c1=O. The van der Waals surface area contributed by atoms with Crippen molar-refractivity contribution in [3.63, 3.8) is 0 Å². The molecule has 9 nitrogen and oxygen atoms in total. The number of hydrogen-bond donors (Lipinski definition) is 2. The van der Waals surface area contributed by atoms with E-state index in [9.17, 15) is 23.6 Å². The molecule has 0 aliphatic rings. The summed E-state index contributed by atoms with van der Waals surface area (Å²) in [5.41, 5.74) is -0.0915. The molecule has 0 radical (unpaired) electrons. The number of carboxylic acids is 1. The average Bonchev–Trinajstić information content (AvgIpc) is 2.68. The molecule has 0 saturated carbocycles. The van der Waals surface area contributed by atoms with Gasteiger partial charge >= 0.3 is 5.97 Å². The molecule has 28 heavy (non-hydrogen) atoms. The summed E-state index contributed by atoms with van der Waals surface area (Å²) < 4.78 is 18.9. The summed E-state index contributed by atoms with van der Waals surface area (Å²) in [6.07, 6.45) is 0.605. The van der Waals surface area contributed by atoms with Crippen LogP contribution in [0.15, 0.2) is 29.3 Å². The van der Waals surface area contributed by atoms with E-state index in [4.69, 9.17) is 9.84 Å². The van der Waals surface area contributed by atoms with Gasteiger partial charge in [0.15, 0.2) is 5.78 Å². The number of amides is 1. The number of nitrogens with zero attached hydrogens (tertiary/aromatic N) is 2. The molecule has 1 aromatic heterocycles. The third-order valence-electron chi connectivity index (χ3n) is 4.23. The van der Waals surface area contributed by atoms with E-state index < -0.39 is 48.4 Å². The highest BCUT2D eigenvalue weighted by Gasteiger charge is 2.28. The van der Waals surface area contributed by atoms with Crippen LogP contribution in [0.25, 0.3) is 10.9 Å². The standard InChI is InChI=1S/C18H20FN3O6/c1-3-14(17(26)21-13(7-16(24)25)15(23)8-19)22-9-20-12-5-4-10(28-2)6-11(12)18(22)27/h4-6,9,13-14H,3,7-8H2,1-2H3,(H,21,26)(H,24,25)/t13?,14-/m0/s1. The second-order valence-corrected chi connectivity index (χ2v) is 6.02. The Morgan fingerprint density at radius 2 is 2.07 bits per heavy atom. The summed E-state index contributed by atoms with van der Waals surface area (Å²) in [5, 5.41) is 11.3. The van der Waals surface area contributed by atoms with Crippen molar-refractivity contribution in [2.45, 2.75) is 31.8 Å². The molecule has 0 saturated heterocycles. The normalized spacial score (nSPS) is 13.0. The van der Waals surface area contributed by atoms with Crippen LogP contribution in [0, 0.1) is 0 Å². The third kappa shape index (κ3) is 4.51. The van der Waals surface area contributed by atoms with Gasteiger partial charge in [-0.2, -0.15) is 0 Å². The molecule has 0 aliphatic heterocycles. The zero-order valence-electron chi connectivity index (χ0n) is 15.3. The molecule has 1 aromatic carbocycles. The van der Waals surface area contributed by atoms with E-state index in [0.717, 1.165) is 4.57 Å². The van der Waals surface area contributed by atoms with E-state index in [1.807, 2.05) is 0 Å². The summed E-state index contributed by atoms with van der Waals surface area (Å²) in [5.74, 6) is -2.76. The zero-order valence-corrected chi connectivity index (χ0v) is 15.3. The first-order chi connectivity index (χ1) is 13.3. The molecule has 2 N–H and O–H groups in total. The number of ketones is 1. The Morgan fingerprint density at radius 3 is 2.64 bits per heavy atom. The second kappa shape index (κ2) is 9.07. The van der Waals surface area contributed by atoms with E-state index in [1.165, 1.54) is 19.5 Å². The monoisotopic (exact) mass is 393 g/mol. The molecule has 2 rings (SSSR count). The number of carbonyl (C=O) groups is 3. The van der Waals surface area contributed by atoms with E-state index in [-0.39, 0.29) is 11.8 Å². The van der Waals surface area contributed by atoms with Gasteiger partial charge in [0.05, 0.1) is 30.8 Å². The first-order valence-electron chi connectivity index (χ1n) is 8.48. The van der Waals surface area contributed by atoms with Crippen molar-refractivity contribution < 1.29 is 28.6 Å². The minimum Gasteiger partial charge on any atom is -0.497 e. The molecule has 2 atom stereocenters. The summed E-state index contributed by atoms with van der Waals surface area (Å²) in [6.45, 7) is 0.224. The Bertz CT molecular complexity index is 958. The van der Waals surface area contributed by atoms with Crippen molar-refractivity contribution in [3.8, 4) is 5.75 Å². The smallest absolute Gasteiger partial charge is 0.305 e. The van der Waals surface area contributed by atoms with Gasteiger partial charge in [0.25, 0.3) is 5.56 Å². The highest BCUT2D eigenvalue weighted by Crippen LogP contribution is 2.18. The van der Waals surface area contributed by atoms with Crippen LogP contribution in [-0.4, -0.2) is 52.1 Å². The maximum absolute atomic E-state index is 12.8. The lowest BCUT2D eigenvalue weighted by Gasteiger charge is -2.21. The van der Waals surface area contributed by atoms with E-state index >= 15 is 0 Å². The molecule has 0 fully saturated rings. The van der Waals surface area contributed by atoms with Crippen LogP contribution in [0.3, 0.4) is 0 Å². The average molecular weight is 393 g/mol. The van der Waals surface area contributed by atoms with Gasteiger partial charge in [-0.25, -0.2) is 9.37 Å². The van der Waals surface area contributed by atoms with Crippen LogP contribution in [-0.2, 0) is 14.4 Å². The number of aromatic nitrogens is 2. The molecule has 1 unspecified atom stereocenters. The quantitative estimate of drug-likeness (QED) is 0.646. The maximum atomic E-state index is 12.8. The molecule has 10 heteroatoms. The summed E-state index contributed by atoms with van der Waals surface area (Å²) >= 11 is 0. The molecular weight excluding hydrogens is 373 g/mol. The van der Waals surface area contributed by atoms with Crippen LogP contribution >= 0.6 is 0 Å². The fourth-order valence-corrected chi connectivity index (χ4v) is 2.75. The summed E-state index contributed by atoms with van der Waals surface area (Å²) in [6, 6.07) is 2.16. The van der Waals surface area contributed by atoms with Crippen molar-refractivity contribution in [1.29, 1.82) is 0 Å². The number of rotatable bonds is 9. The van der Waals surface area contributed by atoms with Crippen molar-refractivity contribution in [2.24, 2.45) is 0 Å². The van der Waals surface area contributed by atoms with E-state index in [1.54, 1.807) is 19.1 Å². The molecule has 1 amide bonds. The predicted molar refractivity (Wildman–Crippen MR) is 97.0 cm³/mol. The Kier molecular flexibility index (Phi) is 6.80. The maximum Gasteiger partial charge on any atom is 0.305 e. The van der Waals surface area contributed by atoms with Gasteiger partial charge in [-0.15, -0.1) is 0 Å². The Balaban J connectivity index is 2.39. The Morgan fingerprint density at radius 1 is 1.36 bits per heavy atom. The molecule has 1 heterocycles. The predicted octanol–water partition coefficient (Wildman–Crippen LogP) is 0.854. The minimum atomic E-state index is -1.52. The molecule has 0 bridgehead atoms. The molecule has 150 valence electrons. The fraction of sp³-hybridized carbons (Fsp3) is 0.389. The van der Waals surface area contributed by atoms with Gasteiger partial charge in [-0.1, -0.05) is 6.92 Å². The third-order valence-corrected chi connectivity index (χ3v) is 4.23. The number of fused-ring (bicyclic) bond motifs is 1. The number of alkyl halides is 1. The molecular formula is C18H20FN3O6. The van der Waals surface area contributed by atoms with Crippen molar-refractivity contribution >= 4 is 28.6 Å². The van der Waals surface area contributed by atoms with Crippen LogP contribution < -0.4 is 15.6 Å². The van der Waals surface area contributed by atoms with E-state index in [0.29, 0.717) is 11.3 Å². The van der Waals surface area contributed by atoms with Crippen LogP contribution in [0.4, 0.5) is 4.39 Å². The highest BCUT2D eigenvalue weighted by atomic mass is 19.1. The zero-order chi connectivity index (χ0) is 20.8. The van der Waals surface area contributed by atoms with Gasteiger partial charge in [0.1, 0.15) is 24.5 Å². The second-order valence-electron chi connectivity index (χ2n) is 6.02. The van der Waals surface area contributed by atoms with Gasteiger partial charge in [0.2, 0.25) is 5.91 Å². The Hall–Kier alpha value is -3.30. The number of hydrogen-bond acceptors (Lipinski definition) is 6. The number of benzene rings is 1. The van der Waals surface area contributed by atoms with Gasteiger partial charge in [-0.3, -0.25) is 23.7 Å². The lowest BCUT2D eigenvalue weighted by Crippen LogP contribution is -2.47. The number of methoxy groups -OCH3 is 1. The lowest BCUT2D eigenvalue weighted by atomic mass is 10.1. The first kappa shape index (κ1) is 21.0. The van der Waals surface area contributed by atoms with Crippen LogP contribution in [0.5, 0.6) is 5.75 Å². The number of Topliss-reactive ketones (excluding diaryl/α,β-unsaturated/α-hetero) is 1. The number of halogens is 1. The van der Waals surface area contributed by atoms with Gasteiger partial charge in [-0.05, 0) is 24.6 Å². The lowest BCUT2D eigenvalue weighted by molar-refractivity contribution is -0.140. The van der Waals surface area contributed by atoms with Crippen molar-refractivity contribution in [1.82, 2.24) is 14.9 Å². The van der Waals surface area contributed by atoms with Crippen LogP contribution in [0.1, 0.15) is 25.8 Å². The number of carbonyl (C=O) groups excluding carboxylic acids is 2. The van der Waals surface area contributed by atoms with Crippen molar-refractivity contribution in [2.75, 3.05) is 13.8 Å². The number of aliphatic carboxylic acids is 1. The fourth-order valence-electron chi connectivity index (χ4n) is 2.75. The number of carboxylic acid groups (broad SMARTS) is 1. The molecule has 0 aliphatic carbocycles. The molecule has 2 aromatic rings. The Labute approximate surface area is 159 Å². The largest absolute Gasteiger partial charge is 0.497 e.